The molecular formula is C16H18N2O5. The molecule has 0 fully saturated rings. The SMILES string of the molecule is CCOC(=O)C1=C(Nc2ccccc2)C(=O)N(CCC(=O)O)C1. The summed E-state index contributed by atoms with van der Waals surface area (Å²) in [6.07, 6.45) is -0.180. The Morgan fingerprint density at radius 3 is 2.61 bits per heavy atom. The normalized spacial score (nSPS) is 14.1. The zero-order valence-electron chi connectivity index (χ0n) is 12.7. The highest BCUT2D eigenvalue weighted by Crippen LogP contribution is 2.23. The van der Waals surface area contributed by atoms with Gasteiger partial charge < -0.3 is 20.1 Å². The number of rotatable bonds is 7. The first-order valence-electron chi connectivity index (χ1n) is 7.26. The van der Waals surface area contributed by atoms with E-state index in [1.807, 2.05) is 6.07 Å². The summed E-state index contributed by atoms with van der Waals surface area (Å²) in [4.78, 5) is 36.5. The standard InChI is InChI=1S/C16H18N2O5/c1-2-23-16(22)12-10-18(9-8-13(19)20)15(21)14(12)17-11-6-4-3-5-7-11/h3-7,17H,2,8-10H2,1H3,(H,19,20). The van der Waals surface area contributed by atoms with E-state index in [-0.39, 0.29) is 37.4 Å². The highest BCUT2D eigenvalue weighted by atomic mass is 16.5. The van der Waals surface area contributed by atoms with Gasteiger partial charge in [-0.1, -0.05) is 18.2 Å². The zero-order chi connectivity index (χ0) is 16.8. The number of amides is 1. The van der Waals surface area contributed by atoms with Crippen LogP contribution in [0.3, 0.4) is 0 Å². The lowest BCUT2D eigenvalue weighted by molar-refractivity contribution is -0.138. The van der Waals surface area contributed by atoms with Gasteiger partial charge in [-0.25, -0.2) is 4.79 Å². The maximum atomic E-state index is 12.4. The number of carboxylic acids is 1. The predicted octanol–water partition coefficient (Wildman–Crippen LogP) is 1.23. The largest absolute Gasteiger partial charge is 0.481 e. The fourth-order valence-electron chi connectivity index (χ4n) is 2.22. The average Bonchev–Trinajstić information content (AvgIpc) is 2.83. The molecule has 1 aliphatic rings. The summed E-state index contributed by atoms with van der Waals surface area (Å²) in [5.74, 6) is -1.98. The van der Waals surface area contributed by atoms with E-state index >= 15 is 0 Å². The van der Waals surface area contributed by atoms with Crippen molar-refractivity contribution in [2.75, 3.05) is 25.0 Å². The Balaban J connectivity index is 2.22. The number of ether oxygens (including phenoxy) is 1. The maximum Gasteiger partial charge on any atom is 0.338 e. The van der Waals surface area contributed by atoms with Crippen molar-refractivity contribution in [3.05, 3.63) is 41.6 Å². The molecule has 1 aliphatic heterocycles. The lowest BCUT2D eigenvalue weighted by atomic mass is 10.2. The molecule has 2 N–H and O–H groups in total. The van der Waals surface area contributed by atoms with Gasteiger partial charge in [0.2, 0.25) is 0 Å². The number of anilines is 1. The minimum absolute atomic E-state index is 0.0387. The lowest BCUT2D eigenvalue weighted by Crippen LogP contribution is -2.31. The Labute approximate surface area is 133 Å². The first kappa shape index (κ1) is 16.5. The monoisotopic (exact) mass is 318 g/mol. The first-order chi connectivity index (χ1) is 11.0. The number of carbonyl (C=O) groups is 3. The van der Waals surface area contributed by atoms with Crippen LogP contribution in [-0.4, -0.2) is 47.5 Å². The number of benzene rings is 1. The van der Waals surface area contributed by atoms with Crippen LogP contribution < -0.4 is 5.32 Å². The van der Waals surface area contributed by atoms with Crippen molar-refractivity contribution in [3.63, 3.8) is 0 Å². The van der Waals surface area contributed by atoms with E-state index in [2.05, 4.69) is 5.32 Å². The molecule has 7 nitrogen and oxygen atoms in total. The Hall–Kier alpha value is -2.83. The number of nitrogens with one attached hydrogen (secondary N) is 1. The quantitative estimate of drug-likeness (QED) is 0.734. The number of carbonyl (C=O) groups excluding carboxylic acids is 2. The summed E-state index contributed by atoms with van der Waals surface area (Å²) in [5, 5.41) is 11.7. The van der Waals surface area contributed by atoms with E-state index in [1.54, 1.807) is 31.2 Å². The summed E-state index contributed by atoms with van der Waals surface area (Å²) in [6.45, 7) is 1.96. The third kappa shape index (κ3) is 4.09. The van der Waals surface area contributed by atoms with Gasteiger partial charge >= 0.3 is 11.9 Å². The summed E-state index contributed by atoms with van der Waals surface area (Å²) < 4.78 is 4.98. The van der Waals surface area contributed by atoms with Crippen LogP contribution in [0.5, 0.6) is 0 Å². The molecule has 0 saturated carbocycles. The number of aliphatic carboxylic acids is 1. The molecule has 1 aromatic rings. The summed E-state index contributed by atoms with van der Waals surface area (Å²) >= 11 is 0. The second-order valence-electron chi connectivity index (χ2n) is 4.94. The van der Waals surface area contributed by atoms with Gasteiger partial charge in [-0.15, -0.1) is 0 Å². The number of carboxylic acid groups (broad SMARTS) is 1. The lowest BCUT2D eigenvalue weighted by Gasteiger charge is -2.15. The van der Waals surface area contributed by atoms with Gasteiger partial charge in [-0.05, 0) is 19.1 Å². The molecule has 0 atom stereocenters. The van der Waals surface area contributed by atoms with Crippen LogP contribution in [0.15, 0.2) is 41.6 Å². The predicted molar refractivity (Wildman–Crippen MR) is 82.6 cm³/mol. The van der Waals surface area contributed by atoms with E-state index in [1.165, 1.54) is 4.90 Å². The van der Waals surface area contributed by atoms with E-state index in [9.17, 15) is 14.4 Å². The van der Waals surface area contributed by atoms with Crippen LogP contribution in [0, 0.1) is 0 Å². The number of esters is 1. The van der Waals surface area contributed by atoms with E-state index in [0.29, 0.717) is 5.69 Å². The van der Waals surface area contributed by atoms with Crippen molar-refractivity contribution in [2.45, 2.75) is 13.3 Å². The van der Waals surface area contributed by atoms with Crippen molar-refractivity contribution in [1.29, 1.82) is 0 Å². The van der Waals surface area contributed by atoms with Crippen LogP contribution >= 0.6 is 0 Å². The molecule has 0 saturated heterocycles. The molecule has 1 heterocycles. The summed E-state index contributed by atoms with van der Waals surface area (Å²) in [7, 11) is 0. The van der Waals surface area contributed by atoms with E-state index < -0.39 is 17.8 Å². The van der Waals surface area contributed by atoms with Gasteiger partial charge in [0.1, 0.15) is 5.70 Å². The second kappa shape index (κ2) is 7.44. The molecule has 23 heavy (non-hydrogen) atoms. The van der Waals surface area contributed by atoms with Crippen molar-refractivity contribution in [1.82, 2.24) is 4.90 Å². The van der Waals surface area contributed by atoms with Crippen LogP contribution in [0.1, 0.15) is 13.3 Å². The number of nitrogens with zero attached hydrogens (tertiary/aromatic N) is 1. The minimum Gasteiger partial charge on any atom is -0.481 e. The van der Waals surface area contributed by atoms with Gasteiger partial charge in [0.05, 0.1) is 25.1 Å². The summed E-state index contributed by atoms with van der Waals surface area (Å²) in [6, 6.07) is 8.97. The van der Waals surface area contributed by atoms with Crippen LogP contribution in [0.25, 0.3) is 0 Å². The molecule has 0 spiro atoms. The van der Waals surface area contributed by atoms with Crippen molar-refractivity contribution >= 4 is 23.5 Å². The zero-order valence-corrected chi connectivity index (χ0v) is 12.7. The molecular weight excluding hydrogens is 300 g/mol. The first-order valence-corrected chi connectivity index (χ1v) is 7.26. The molecule has 0 aromatic heterocycles. The Kier molecular flexibility index (Phi) is 5.35. The third-order valence-corrected chi connectivity index (χ3v) is 3.31. The molecule has 0 bridgehead atoms. The van der Waals surface area contributed by atoms with Crippen molar-refractivity contribution in [3.8, 4) is 0 Å². The Morgan fingerprint density at radius 1 is 1.30 bits per heavy atom. The van der Waals surface area contributed by atoms with Gasteiger partial charge in [0, 0.05) is 12.2 Å². The molecule has 0 aliphatic carbocycles. The minimum atomic E-state index is -1.00. The Morgan fingerprint density at radius 2 is 2.00 bits per heavy atom. The molecule has 7 heteroatoms. The molecule has 122 valence electrons. The highest BCUT2D eigenvalue weighted by Gasteiger charge is 2.34. The second-order valence-corrected chi connectivity index (χ2v) is 4.94. The molecule has 0 radical (unpaired) electrons. The van der Waals surface area contributed by atoms with Crippen molar-refractivity contribution < 1.29 is 24.2 Å². The van der Waals surface area contributed by atoms with Crippen LogP contribution in [0.2, 0.25) is 0 Å². The van der Waals surface area contributed by atoms with E-state index in [0.717, 1.165) is 0 Å². The highest BCUT2D eigenvalue weighted by molar-refractivity contribution is 6.08. The average molecular weight is 318 g/mol. The van der Waals surface area contributed by atoms with Gasteiger partial charge in [-0.2, -0.15) is 0 Å². The number of para-hydroxylation sites is 1. The fourth-order valence-corrected chi connectivity index (χ4v) is 2.22. The molecule has 2 rings (SSSR count). The van der Waals surface area contributed by atoms with E-state index in [4.69, 9.17) is 9.84 Å². The summed E-state index contributed by atoms with van der Waals surface area (Å²) in [5.41, 5.74) is 1.02. The maximum absolute atomic E-state index is 12.4. The van der Waals surface area contributed by atoms with Crippen molar-refractivity contribution in [2.24, 2.45) is 0 Å². The van der Waals surface area contributed by atoms with Gasteiger partial charge in [0.15, 0.2) is 0 Å². The van der Waals surface area contributed by atoms with Gasteiger partial charge in [-0.3, -0.25) is 9.59 Å². The molecule has 1 amide bonds. The van der Waals surface area contributed by atoms with Crippen LogP contribution in [-0.2, 0) is 19.1 Å². The molecule has 1 aromatic carbocycles. The van der Waals surface area contributed by atoms with Gasteiger partial charge in [0.25, 0.3) is 5.91 Å². The fraction of sp³-hybridized carbons (Fsp3) is 0.312. The third-order valence-electron chi connectivity index (χ3n) is 3.31. The Bertz CT molecular complexity index is 639. The van der Waals surface area contributed by atoms with Crippen LogP contribution in [0.4, 0.5) is 5.69 Å². The topological polar surface area (TPSA) is 95.9 Å². The number of hydrogen-bond acceptors (Lipinski definition) is 5. The smallest absolute Gasteiger partial charge is 0.338 e. The molecule has 0 unspecified atom stereocenters. The number of hydrogen-bond donors (Lipinski definition) is 2.